The van der Waals surface area contributed by atoms with Gasteiger partial charge in [-0.1, -0.05) is 0 Å². The van der Waals surface area contributed by atoms with Gasteiger partial charge in [-0.25, -0.2) is 0 Å². The van der Waals surface area contributed by atoms with Crippen molar-refractivity contribution < 1.29 is 18.7 Å². The number of rotatable bonds is 7. The van der Waals surface area contributed by atoms with Gasteiger partial charge in [0.25, 0.3) is 5.91 Å². The minimum atomic E-state index is -0.317. The molecule has 0 unspecified atom stereocenters. The first-order chi connectivity index (χ1) is 10.2. The number of carbonyl (C=O) groups is 1. The first-order valence-corrected chi connectivity index (χ1v) is 6.55. The van der Waals surface area contributed by atoms with Gasteiger partial charge in [-0.3, -0.25) is 4.79 Å². The number of furan rings is 1. The summed E-state index contributed by atoms with van der Waals surface area (Å²) >= 11 is 0. The molecule has 0 saturated carbocycles. The van der Waals surface area contributed by atoms with Crippen LogP contribution >= 0.6 is 0 Å². The predicted octanol–water partition coefficient (Wildman–Crippen LogP) is 2.02. The van der Waals surface area contributed by atoms with Crippen molar-refractivity contribution in [3.8, 4) is 5.75 Å². The van der Waals surface area contributed by atoms with E-state index in [1.165, 1.54) is 0 Å². The fourth-order valence-electron chi connectivity index (χ4n) is 1.68. The molecule has 112 valence electrons. The molecule has 0 bridgehead atoms. The number of amides is 1. The van der Waals surface area contributed by atoms with E-state index >= 15 is 0 Å². The van der Waals surface area contributed by atoms with Gasteiger partial charge in [0.05, 0.1) is 13.2 Å². The molecule has 0 aliphatic heterocycles. The van der Waals surface area contributed by atoms with Crippen molar-refractivity contribution >= 4 is 11.6 Å². The molecule has 1 heterocycles. The van der Waals surface area contributed by atoms with Crippen molar-refractivity contribution in [3.05, 3.63) is 47.9 Å². The molecule has 0 radical (unpaired) electrons. The van der Waals surface area contributed by atoms with E-state index < -0.39 is 0 Å². The third-order valence-corrected chi connectivity index (χ3v) is 2.75. The normalized spacial score (nSPS) is 10.4. The van der Waals surface area contributed by atoms with Gasteiger partial charge in [0.15, 0.2) is 5.76 Å². The highest BCUT2D eigenvalue weighted by atomic mass is 16.5. The van der Waals surface area contributed by atoms with E-state index in [1.54, 1.807) is 43.5 Å². The molecular weight excluding hydrogens is 272 g/mol. The first-order valence-electron chi connectivity index (χ1n) is 6.55. The Bertz CT molecular complexity index is 578. The number of hydrogen-bond acceptors (Lipinski definition) is 5. The maximum Gasteiger partial charge on any atom is 0.291 e. The number of nitrogens with two attached hydrogens (primary N) is 1. The van der Waals surface area contributed by atoms with Crippen molar-refractivity contribution in [2.45, 2.75) is 6.54 Å². The van der Waals surface area contributed by atoms with E-state index in [-0.39, 0.29) is 18.2 Å². The minimum absolute atomic E-state index is 0.232. The molecule has 6 nitrogen and oxygen atoms in total. The van der Waals surface area contributed by atoms with Crippen LogP contribution in [-0.4, -0.2) is 26.2 Å². The van der Waals surface area contributed by atoms with Gasteiger partial charge in [0.2, 0.25) is 0 Å². The standard InChI is InChI=1S/C15H18N2O4/c1-19-8-9-20-12-4-2-11(3-5-12)17-15(18)14-7-6-13(10-16)21-14/h2-7H,8-10,16H2,1H3,(H,17,18). The van der Waals surface area contributed by atoms with Crippen LogP contribution < -0.4 is 15.8 Å². The highest BCUT2D eigenvalue weighted by Crippen LogP contribution is 2.17. The Morgan fingerprint density at radius 1 is 1.19 bits per heavy atom. The molecule has 0 spiro atoms. The fourth-order valence-corrected chi connectivity index (χ4v) is 1.68. The van der Waals surface area contributed by atoms with Crippen LogP contribution in [0.3, 0.4) is 0 Å². The number of anilines is 1. The van der Waals surface area contributed by atoms with E-state index in [1.807, 2.05) is 0 Å². The summed E-state index contributed by atoms with van der Waals surface area (Å²) in [6.07, 6.45) is 0. The van der Waals surface area contributed by atoms with Crippen LogP contribution in [0.5, 0.6) is 5.75 Å². The van der Waals surface area contributed by atoms with Gasteiger partial charge in [0.1, 0.15) is 18.1 Å². The molecular formula is C15H18N2O4. The molecule has 0 saturated heterocycles. The average molecular weight is 290 g/mol. The first kappa shape index (κ1) is 15.1. The van der Waals surface area contributed by atoms with E-state index in [9.17, 15) is 4.79 Å². The maximum atomic E-state index is 11.9. The Hall–Kier alpha value is -2.31. The molecule has 3 N–H and O–H groups in total. The zero-order chi connectivity index (χ0) is 15.1. The molecule has 0 aliphatic carbocycles. The third-order valence-electron chi connectivity index (χ3n) is 2.75. The molecule has 0 fully saturated rings. The number of carbonyl (C=O) groups excluding carboxylic acids is 1. The van der Waals surface area contributed by atoms with Gasteiger partial charge in [-0.05, 0) is 36.4 Å². The van der Waals surface area contributed by atoms with Gasteiger partial charge in [0, 0.05) is 12.8 Å². The lowest BCUT2D eigenvalue weighted by molar-refractivity contribution is 0.0995. The molecule has 2 rings (SSSR count). The van der Waals surface area contributed by atoms with Crippen molar-refractivity contribution in [3.63, 3.8) is 0 Å². The van der Waals surface area contributed by atoms with Gasteiger partial charge < -0.3 is 24.9 Å². The van der Waals surface area contributed by atoms with Gasteiger partial charge in [-0.2, -0.15) is 0 Å². The Morgan fingerprint density at radius 3 is 2.57 bits per heavy atom. The fraction of sp³-hybridized carbons (Fsp3) is 0.267. The largest absolute Gasteiger partial charge is 0.491 e. The lowest BCUT2D eigenvalue weighted by Crippen LogP contribution is -2.11. The molecule has 6 heteroatoms. The second-order valence-electron chi connectivity index (χ2n) is 4.29. The van der Waals surface area contributed by atoms with Gasteiger partial charge in [-0.15, -0.1) is 0 Å². The lowest BCUT2D eigenvalue weighted by atomic mass is 10.3. The quantitative estimate of drug-likeness (QED) is 0.762. The summed E-state index contributed by atoms with van der Waals surface area (Å²) in [7, 11) is 1.62. The van der Waals surface area contributed by atoms with Crippen LogP contribution in [-0.2, 0) is 11.3 Å². The lowest BCUT2D eigenvalue weighted by Gasteiger charge is -2.07. The number of ether oxygens (including phenoxy) is 2. The number of nitrogens with one attached hydrogen (secondary N) is 1. The monoisotopic (exact) mass is 290 g/mol. The smallest absolute Gasteiger partial charge is 0.291 e. The molecule has 21 heavy (non-hydrogen) atoms. The zero-order valence-electron chi connectivity index (χ0n) is 11.8. The summed E-state index contributed by atoms with van der Waals surface area (Å²) in [5.41, 5.74) is 6.09. The number of methoxy groups -OCH3 is 1. The van der Waals surface area contributed by atoms with E-state index in [0.29, 0.717) is 30.4 Å². The highest BCUT2D eigenvalue weighted by Gasteiger charge is 2.10. The highest BCUT2D eigenvalue weighted by molar-refractivity contribution is 6.02. The molecule has 2 aromatic rings. The summed E-state index contributed by atoms with van der Waals surface area (Å²) in [4.78, 5) is 11.9. The van der Waals surface area contributed by atoms with Crippen molar-refractivity contribution in [1.82, 2.24) is 0 Å². The minimum Gasteiger partial charge on any atom is -0.491 e. The molecule has 0 aliphatic rings. The van der Waals surface area contributed by atoms with Crippen LogP contribution in [0.1, 0.15) is 16.3 Å². The van der Waals surface area contributed by atoms with Crippen LogP contribution in [0, 0.1) is 0 Å². The molecule has 1 amide bonds. The van der Waals surface area contributed by atoms with E-state index in [2.05, 4.69) is 5.32 Å². The third kappa shape index (κ3) is 4.34. The Morgan fingerprint density at radius 2 is 1.95 bits per heavy atom. The summed E-state index contributed by atoms with van der Waals surface area (Å²) in [6, 6.07) is 10.3. The van der Waals surface area contributed by atoms with Crippen LogP contribution in [0.25, 0.3) is 0 Å². The van der Waals surface area contributed by atoms with Crippen molar-refractivity contribution in [2.75, 3.05) is 25.6 Å². The van der Waals surface area contributed by atoms with E-state index in [4.69, 9.17) is 19.6 Å². The predicted molar refractivity (Wildman–Crippen MR) is 78.4 cm³/mol. The van der Waals surface area contributed by atoms with Crippen molar-refractivity contribution in [2.24, 2.45) is 5.73 Å². The summed E-state index contributed by atoms with van der Waals surface area (Å²) < 4.78 is 15.6. The van der Waals surface area contributed by atoms with Crippen LogP contribution in [0.15, 0.2) is 40.8 Å². The zero-order valence-corrected chi connectivity index (χ0v) is 11.8. The topological polar surface area (TPSA) is 86.7 Å². The summed E-state index contributed by atoms with van der Waals surface area (Å²) in [6.45, 7) is 1.28. The average Bonchev–Trinajstić information content (AvgIpc) is 2.98. The Kier molecular flexibility index (Phi) is 5.36. The van der Waals surface area contributed by atoms with E-state index in [0.717, 1.165) is 0 Å². The Labute approximate surface area is 122 Å². The summed E-state index contributed by atoms with van der Waals surface area (Å²) in [5.74, 6) is 1.20. The summed E-state index contributed by atoms with van der Waals surface area (Å²) in [5, 5.41) is 2.74. The molecule has 0 atom stereocenters. The van der Waals surface area contributed by atoms with Crippen LogP contribution in [0.4, 0.5) is 5.69 Å². The number of benzene rings is 1. The van der Waals surface area contributed by atoms with Crippen molar-refractivity contribution in [1.29, 1.82) is 0 Å². The van der Waals surface area contributed by atoms with Crippen LogP contribution in [0.2, 0.25) is 0 Å². The second-order valence-corrected chi connectivity index (χ2v) is 4.29. The second kappa shape index (κ2) is 7.47. The Balaban J connectivity index is 1.91. The molecule has 1 aromatic heterocycles. The molecule has 1 aromatic carbocycles. The SMILES string of the molecule is COCCOc1ccc(NC(=O)c2ccc(CN)o2)cc1. The number of hydrogen-bond donors (Lipinski definition) is 2. The maximum absolute atomic E-state index is 11.9. The van der Waals surface area contributed by atoms with Gasteiger partial charge >= 0.3 is 0 Å².